The van der Waals surface area contributed by atoms with Gasteiger partial charge in [-0.25, -0.2) is 0 Å². The van der Waals surface area contributed by atoms with E-state index in [9.17, 15) is 0 Å². The van der Waals surface area contributed by atoms with Crippen molar-refractivity contribution >= 4 is 0 Å². The third-order valence-corrected chi connectivity index (χ3v) is 1.03. The molecule has 50 valence electrons. The van der Waals surface area contributed by atoms with Crippen molar-refractivity contribution in [3.63, 3.8) is 0 Å². The van der Waals surface area contributed by atoms with Gasteiger partial charge in [-0.05, 0) is 5.56 Å². The Morgan fingerprint density at radius 3 is 2.00 bits per heavy atom. The fraction of sp³-hybridized carbons (Fsp3) is 0.250. The molecular weight excluding hydrogens is 112 g/mol. The highest BCUT2D eigenvalue weighted by Crippen LogP contribution is 1.95. The molecule has 1 heteroatoms. The van der Waals surface area contributed by atoms with Crippen LogP contribution in [0.1, 0.15) is 13.0 Å². The van der Waals surface area contributed by atoms with E-state index in [4.69, 9.17) is 5.11 Å². The summed E-state index contributed by atoms with van der Waals surface area (Å²) in [6.07, 6.45) is 0. The van der Waals surface area contributed by atoms with Gasteiger partial charge in [0.2, 0.25) is 0 Å². The second-order valence-corrected chi connectivity index (χ2v) is 1.64. The van der Waals surface area contributed by atoms with Crippen molar-refractivity contribution in [3.05, 3.63) is 35.9 Å². The summed E-state index contributed by atoms with van der Waals surface area (Å²) in [6.45, 7) is 0.140. The van der Waals surface area contributed by atoms with Crippen LogP contribution in [0.3, 0.4) is 0 Å². The lowest BCUT2D eigenvalue weighted by Crippen LogP contribution is -1.77. The SMILES string of the molecule is C.OCc1ccccc1. The van der Waals surface area contributed by atoms with E-state index in [0.29, 0.717) is 0 Å². The molecule has 0 spiro atoms. The van der Waals surface area contributed by atoms with Crippen molar-refractivity contribution < 1.29 is 5.11 Å². The minimum atomic E-state index is 0. The van der Waals surface area contributed by atoms with Crippen molar-refractivity contribution in [2.24, 2.45) is 0 Å². The molecule has 1 aromatic carbocycles. The molecule has 1 N–H and O–H groups in total. The van der Waals surface area contributed by atoms with Crippen LogP contribution in [0.4, 0.5) is 0 Å². The summed E-state index contributed by atoms with van der Waals surface area (Å²) in [5.74, 6) is 0. The van der Waals surface area contributed by atoms with E-state index in [1.54, 1.807) is 0 Å². The minimum Gasteiger partial charge on any atom is -0.392 e. The maximum atomic E-state index is 8.54. The quantitative estimate of drug-likeness (QED) is 0.605. The van der Waals surface area contributed by atoms with Crippen molar-refractivity contribution in [2.75, 3.05) is 0 Å². The standard InChI is InChI=1S/C7H8O.CH4/c8-6-7-4-2-1-3-5-7;/h1-5,8H,6H2;1H4. The number of hydrogen-bond acceptors (Lipinski definition) is 1. The van der Waals surface area contributed by atoms with E-state index in [1.165, 1.54) is 0 Å². The Balaban J connectivity index is 0.000000640. The van der Waals surface area contributed by atoms with Crippen LogP contribution in [0.2, 0.25) is 0 Å². The molecule has 0 aliphatic rings. The highest BCUT2D eigenvalue weighted by atomic mass is 16.3. The molecule has 0 amide bonds. The first-order valence-corrected chi connectivity index (χ1v) is 2.58. The molecule has 0 atom stereocenters. The summed E-state index contributed by atoms with van der Waals surface area (Å²) < 4.78 is 0. The van der Waals surface area contributed by atoms with Gasteiger partial charge in [0.25, 0.3) is 0 Å². The Hall–Kier alpha value is -0.820. The average Bonchev–Trinajstić information content (AvgIpc) is 1.90. The molecule has 0 aromatic heterocycles. The predicted molar refractivity (Wildman–Crippen MR) is 39.1 cm³/mol. The Morgan fingerprint density at radius 1 is 1.11 bits per heavy atom. The van der Waals surface area contributed by atoms with Crippen LogP contribution in [-0.4, -0.2) is 5.11 Å². The maximum absolute atomic E-state index is 8.54. The molecule has 0 radical (unpaired) electrons. The fourth-order valence-corrected chi connectivity index (χ4v) is 0.583. The lowest BCUT2D eigenvalue weighted by molar-refractivity contribution is 0.282. The molecule has 0 heterocycles. The summed E-state index contributed by atoms with van der Waals surface area (Å²) in [7, 11) is 0. The summed E-state index contributed by atoms with van der Waals surface area (Å²) in [4.78, 5) is 0. The third-order valence-electron chi connectivity index (χ3n) is 1.03. The topological polar surface area (TPSA) is 20.2 Å². The molecular formula is C8H12O. The average molecular weight is 124 g/mol. The summed E-state index contributed by atoms with van der Waals surface area (Å²) >= 11 is 0. The molecule has 1 aromatic rings. The van der Waals surface area contributed by atoms with E-state index in [2.05, 4.69) is 0 Å². The first-order chi connectivity index (χ1) is 3.93. The van der Waals surface area contributed by atoms with Gasteiger partial charge in [0.05, 0.1) is 6.61 Å². The monoisotopic (exact) mass is 124 g/mol. The fourth-order valence-electron chi connectivity index (χ4n) is 0.583. The van der Waals surface area contributed by atoms with Gasteiger partial charge in [0.1, 0.15) is 0 Å². The number of rotatable bonds is 1. The molecule has 0 fully saturated rings. The molecule has 0 bridgehead atoms. The first-order valence-electron chi connectivity index (χ1n) is 2.58. The van der Waals surface area contributed by atoms with E-state index >= 15 is 0 Å². The van der Waals surface area contributed by atoms with Crippen molar-refractivity contribution in [2.45, 2.75) is 14.0 Å². The van der Waals surface area contributed by atoms with Crippen LogP contribution >= 0.6 is 0 Å². The van der Waals surface area contributed by atoms with Gasteiger partial charge >= 0.3 is 0 Å². The molecule has 1 nitrogen and oxygen atoms in total. The van der Waals surface area contributed by atoms with E-state index in [-0.39, 0.29) is 14.0 Å². The first kappa shape index (κ1) is 8.18. The van der Waals surface area contributed by atoms with Crippen LogP contribution < -0.4 is 0 Å². The Morgan fingerprint density at radius 2 is 1.67 bits per heavy atom. The lowest BCUT2D eigenvalue weighted by Gasteiger charge is -1.89. The van der Waals surface area contributed by atoms with Crippen molar-refractivity contribution in [3.8, 4) is 0 Å². The number of benzene rings is 1. The van der Waals surface area contributed by atoms with Crippen molar-refractivity contribution in [1.82, 2.24) is 0 Å². The van der Waals surface area contributed by atoms with Crippen LogP contribution in [-0.2, 0) is 6.61 Å². The summed E-state index contributed by atoms with van der Waals surface area (Å²) in [5.41, 5.74) is 0.965. The number of aliphatic hydroxyl groups excluding tert-OH is 1. The van der Waals surface area contributed by atoms with Gasteiger partial charge in [0, 0.05) is 0 Å². The van der Waals surface area contributed by atoms with Gasteiger partial charge in [-0.15, -0.1) is 0 Å². The highest BCUT2D eigenvalue weighted by molar-refractivity contribution is 5.12. The second kappa shape index (κ2) is 4.10. The molecule has 0 unspecified atom stereocenters. The van der Waals surface area contributed by atoms with Gasteiger partial charge in [-0.1, -0.05) is 37.8 Å². The van der Waals surface area contributed by atoms with Crippen LogP contribution in [0.5, 0.6) is 0 Å². The number of aliphatic hydroxyl groups is 1. The molecule has 1 rings (SSSR count). The lowest BCUT2D eigenvalue weighted by atomic mass is 10.2. The molecule has 0 saturated carbocycles. The molecule has 0 aliphatic heterocycles. The van der Waals surface area contributed by atoms with Gasteiger partial charge in [-0.2, -0.15) is 0 Å². The zero-order valence-corrected chi connectivity index (χ0v) is 4.54. The molecule has 0 saturated heterocycles. The van der Waals surface area contributed by atoms with Gasteiger partial charge in [-0.3, -0.25) is 0 Å². The highest BCUT2D eigenvalue weighted by Gasteiger charge is 1.81. The van der Waals surface area contributed by atoms with Crippen LogP contribution in [0.25, 0.3) is 0 Å². The third kappa shape index (κ3) is 2.29. The summed E-state index contributed by atoms with van der Waals surface area (Å²) in [5, 5.41) is 8.54. The smallest absolute Gasteiger partial charge is 0.0681 e. The molecule has 0 aliphatic carbocycles. The van der Waals surface area contributed by atoms with E-state index in [0.717, 1.165) is 5.56 Å². The normalized spacial score (nSPS) is 8.11. The van der Waals surface area contributed by atoms with E-state index < -0.39 is 0 Å². The van der Waals surface area contributed by atoms with Crippen LogP contribution in [0.15, 0.2) is 30.3 Å². The largest absolute Gasteiger partial charge is 0.392 e. The van der Waals surface area contributed by atoms with Crippen LogP contribution in [0, 0.1) is 0 Å². The number of hydrogen-bond donors (Lipinski definition) is 1. The zero-order chi connectivity index (χ0) is 5.82. The van der Waals surface area contributed by atoms with Gasteiger partial charge in [0.15, 0.2) is 0 Å². The Bertz CT molecular complexity index is 146. The minimum absolute atomic E-state index is 0. The van der Waals surface area contributed by atoms with Gasteiger partial charge < -0.3 is 5.11 Å². The predicted octanol–water partition coefficient (Wildman–Crippen LogP) is 1.81. The maximum Gasteiger partial charge on any atom is 0.0681 e. The van der Waals surface area contributed by atoms with E-state index in [1.807, 2.05) is 30.3 Å². The van der Waals surface area contributed by atoms with Crippen molar-refractivity contribution in [1.29, 1.82) is 0 Å². The second-order valence-electron chi connectivity index (χ2n) is 1.64. The molecule has 9 heavy (non-hydrogen) atoms. The summed E-state index contributed by atoms with van der Waals surface area (Å²) in [6, 6.07) is 9.52. The zero-order valence-electron chi connectivity index (χ0n) is 4.54. The Labute approximate surface area is 56.0 Å². The Kier molecular flexibility index (Phi) is 3.72.